The number of rotatable bonds is 5. The van der Waals surface area contributed by atoms with E-state index in [0.29, 0.717) is 12.1 Å². The molecular formula is C16H27N3OS. The molecule has 118 valence electrons. The number of likely N-dealkylation sites (tertiary alicyclic amines) is 1. The number of nitrogens with two attached hydrogens (primary N) is 1. The zero-order chi connectivity index (χ0) is 14.7. The van der Waals surface area contributed by atoms with Crippen molar-refractivity contribution in [2.45, 2.75) is 37.9 Å². The predicted octanol–water partition coefficient (Wildman–Crippen LogP) is 1.93. The van der Waals surface area contributed by atoms with Gasteiger partial charge in [-0.3, -0.25) is 9.80 Å². The maximum atomic E-state index is 6.44. The number of morpholine rings is 1. The van der Waals surface area contributed by atoms with Gasteiger partial charge in [0.15, 0.2) is 0 Å². The summed E-state index contributed by atoms with van der Waals surface area (Å²) in [6, 6.07) is 3.53. The van der Waals surface area contributed by atoms with Crippen molar-refractivity contribution >= 4 is 11.3 Å². The second-order valence-electron chi connectivity index (χ2n) is 6.16. The average molecular weight is 309 g/mol. The Labute approximate surface area is 131 Å². The molecule has 2 fully saturated rings. The lowest BCUT2D eigenvalue weighted by molar-refractivity contribution is 0.0172. The smallest absolute Gasteiger partial charge is 0.0594 e. The van der Waals surface area contributed by atoms with Crippen LogP contribution in [0.5, 0.6) is 0 Å². The van der Waals surface area contributed by atoms with Crippen molar-refractivity contribution in [2.75, 3.05) is 39.4 Å². The van der Waals surface area contributed by atoms with E-state index < -0.39 is 0 Å². The predicted molar refractivity (Wildman–Crippen MR) is 87.7 cm³/mol. The number of hydrogen-bond acceptors (Lipinski definition) is 5. The molecule has 4 nitrogen and oxygen atoms in total. The minimum Gasteiger partial charge on any atom is -0.379 e. The largest absolute Gasteiger partial charge is 0.379 e. The molecule has 0 saturated carbocycles. The van der Waals surface area contributed by atoms with Crippen LogP contribution in [0, 0.1) is 0 Å². The topological polar surface area (TPSA) is 41.7 Å². The first-order valence-electron chi connectivity index (χ1n) is 8.13. The fraction of sp³-hybridized carbons (Fsp3) is 0.750. The van der Waals surface area contributed by atoms with Crippen molar-refractivity contribution in [3.63, 3.8) is 0 Å². The molecule has 3 rings (SSSR count). The third-order valence-corrected chi connectivity index (χ3v) is 5.61. The standard InChI is InChI=1S/C16H27N3OS/c1-2-15(17)16(13-4-10-21-12-13)19-5-3-14(11-19)18-6-8-20-9-7-18/h4,10,12,14-16H,2-3,5-9,11,17H2,1H3. The first kappa shape index (κ1) is 15.4. The Morgan fingerprint density at radius 1 is 1.38 bits per heavy atom. The van der Waals surface area contributed by atoms with Crippen LogP contribution in [0.2, 0.25) is 0 Å². The lowest BCUT2D eigenvalue weighted by atomic mass is 9.99. The van der Waals surface area contributed by atoms with E-state index in [2.05, 4.69) is 33.6 Å². The maximum absolute atomic E-state index is 6.44. The van der Waals surface area contributed by atoms with Crippen LogP contribution in [0.1, 0.15) is 31.4 Å². The maximum Gasteiger partial charge on any atom is 0.0594 e. The number of nitrogens with zero attached hydrogens (tertiary/aromatic N) is 2. The summed E-state index contributed by atoms with van der Waals surface area (Å²) in [4.78, 5) is 5.21. The third-order valence-electron chi connectivity index (χ3n) is 4.91. The lowest BCUT2D eigenvalue weighted by Crippen LogP contribution is -2.46. The van der Waals surface area contributed by atoms with E-state index in [9.17, 15) is 0 Å². The molecule has 3 atom stereocenters. The lowest BCUT2D eigenvalue weighted by Gasteiger charge is -2.35. The summed E-state index contributed by atoms with van der Waals surface area (Å²) in [6.07, 6.45) is 2.29. The quantitative estimate of drug-likeness (QED) is 0.902. The van der Waals surface area contributed by atoms with Gasteiger partial charge in [-0.15, -0.1) is 0 Å². The summed E-state index contributed by atoms with van der Waals surface area (Å²) in [6.45, 7) is 8.45. The Balaban J connectivity index is 1.67. The van der Waals surface area contributed by atoms with Gasteiger partial charge in [0, 0.05) is 38.3 Å². The van der Waals surface area contributed by atoms with Crippen LogP contribution in [0.25, 0.3) is 0 Å². The van der Waals surface area contributed by atoms with Gasteiger partial charge in [0.25, 0.3) is 0 Å². The molecule has 1 aromatic heterocycles. The van der Waals surface area contributed by atoms with Crippen LogP contribution in [-0.4, -0.2) is 61.3 Å². The summed E-state index contributed by atoms with van der Waals surface area (Å²) in [7, 11) is 0. The molecule has 0 amide bonds. The van der Waals surface area contributed by atoms with Gasteiger partial charge in [0.2, 0.25) is 0 Å². The van der Waals surface area contributed by atoms with E-state index in [1.807, 2.05) is 0 Å². The average Bonchev–Trinajstić information content (AvgIpc) is 3.20. The molecule has 5 heteroatoms. The van der Waals surface area contributed by atoms with E-state index in [-0.39, 0.29) is 6.04 Å². The monoisotopic (exact) mass is 309 g/mol. The summed E-state index contributed by atoms with van der Waals surface area (Å²) >= 11 is 1.77. The van der Waals surface area contributed by atoms with E-state index in [0.717, 1.165) is 45.8 Å². The van der Waals surface area contributed by atoms with Crippen molar-refractivity contribution in [3.05, 3.63) is 22.4 Å². The number of hydrogen-bond donors (Lipinski definition) is 1. The van der Waals surface area contributed by atoms with E-state index in [1.54, 1.807) is 11.3 Å². The summed E-state index contributed by atoms with van der Waals surface area (Å²) < 4.78 is 5.47. The Bertz CT molecular complexity index is 419. The van der Waals surface area contributed by atoms with Gasteiger partial charge in [0.1, 0.15) is 0 Å². The normalized spacial score (nSPS) is 27.8. The highest BCUT2D eigenvalue weighted by Crippen LogP contribution is 2.31. The minimum absolute atomic E-state index is 0.225. The molecule has 0 aliphatic carbocycles. The highest BCUT2D eigenvalue weighted by Gasteiger charge is 2.35. The Morgan fingerprint density at radius 2 is 2.19 bits per heavy atom. The van der Waals surface area contributed by atoms with Crippen molar-refractivity contribution < 1.29 is 4.74 Å². The van der Waals surface area contributed by atoms with Crippen molar-refractivity contribution in [3.8, 4) is 0 Å². The van der Waals surface area contributed by atoms with E-state index in [1.165, 1.54) is 12.0 Å². The van der Waals surface area contributed by atoms with Gasteiger partial charge < -0.3 is 10.5 Å². The van der Waals surface area contributed by atoms with Crippen LogP contribution >= 0.6 is 11.3 Å². The summed E-state index contributed by atoms with van der Waals surface area (Å²) in [5, 5.41) is 4.43. The molecule has 2 aliphatic rings. The highest BCUT2D eigenvalue weighted by atomic mass is 32.1. The number of thiophene rings is 1. The second-order valence-corrected chi connectivity index (χ2v) is 6.94. The molecule has 3 unspecified atom stereocenters. The second kappa shape index (κ2) is 7.20. The Hall–Kier alpha value is -0.460. The van der Waals surface area contributed by atoms with E-state index >= 15 is 0 Å². The summed E-state index contributed by atoms with van der Waals surface area (Å²) in [5.74, 6) is 0. The van der Waals surface area contributed by atoms with Crippen LogP contribution in [0.3, 0.4) is 0 Å². The molecule has 2 N–H and O–H groups in total. The Morgan fingerprint density at radius 3 is 2.86 bits per heavy atom. The summed E-state index contributed by atoms with van der Waals surface area (Å²) in [5.41, 5.74) is 7.84. The van der Waals surface area contributed by atoms with E-state index in [4.69, 9.17) is 10.5 Å². The van der Waals surface area contributed by atoms with Crippen molar-refractivity contribution in [2.24, 2.45) is 5.73 Å². The molecular weight excluding hydrogens is 282 g/mol. The number of ether oxygens (including phenoxy) is 1. The highest BCUT2D eigenvalue weighted by molar-refractivity contribution is 7.07. The molecule has 2 aliphatic heterocycles. The SMILES string of the molecule is CCC(N)C(c1ccsc1)N1CCC(N2CCOCC2)C1. The van der Waals surface area contributed by atoms with Gasteiger partial charge in [-0.25, -0.2) is 0 Å². The van der Waals surface area contributed by atoms with Crippen LogP contribution in [-0.2, 0) is 4.74 Å². The molecule has 21 heavy (non-hydrogen) atoms. The first-order valence-corrected chi connectivity index (χ1v) is 9.07. The Kier molecular flexibility index (Phi) is 5.29. The fourth-order valence-electron chi connectivity index (χ4n) is 3.66. The van der Waals surface area contributed by atoms with Crippen molar-refractivity contribution in [1.29, 1.82) is 0 Å². The zero-order valence-corrected chi connectivity index (χ0v) is 13.7. The molecule has 1 aromatic rings. The van der Waals surface area contributed by atoms with Gasteiger partial charge in [-0.1, -0.05) is 6.92 Å². The molecule has 0 spiro atoms. The molecule has 3 heterocycles. The minimum atomic E-state index is 0.225. The van der Waals surface area contributed by atoms with Gasteiger partial charge in [-0.05, 0) is 35.2 Å². The fourth-order valence-corrected chi connectivity index (χ4v) is 4.35. The molecule has 0 radical (unpaired) electrons. The molecule has 0 aromatic carbocycles. The zero-order valence-electron chi connectivity index (χ0n) is 12.9. The molecule has 2 saturated heterocycles. The van der Waals surface area contributed by atoms with Crippen LogP contribution < -0.4 is 5.73 Å². The molecule has 0 bridgehead atoms. The van der Waals surface area contributed by atoms with Crippen LogP contribution in [0.15, 0.2) is 16.8 Å². The third kappa shape index (κ3) is 3.48. The first-order chi connectivity index (χ1) is 10.3. The van der Waals surface area contributed by atoms with Crippen LogP contribution in [0.4, 0.5) is 0 Å². The van der Waals surface area contributed by atoms with Crippen molar-refractivity contribution in [1.82, 2.24) is 9.80 Å². The van der Waals surface area contributed by atoms with Gasteiger partial charge >= 0.3 is 0 Å². The van der Waals surface area contributed by atoms with Gasteiger partial charge in [-0.2, -0.15) is 11.3 Å². The van der Waals surface area contributed by atoms with Gasteiger partial charge in [0.05, 0.1) is 19.3 Å².